The summed E-state index contributed by atoms with van der Waals surface area (Å²) in [6.45, 7) is 11.5. The zero-order chi connectivity index (χ0) is 46.4. The summed E-state index contributed by atoms with van der Waals surface area (Å²) < 4.78 is 27.0. The first-order valence-electron chi connectivity index (χ1n) is 25.4. The quantitative estimate of drug-likeness (QED) is 0.0858. The van der Waals surface area contributed by atoms with Gasteiger partial charge in [-0.3, -0.25) is 19.2 Å². The number of hydroxylamine groups is 2. The van der Waals surface area contributed by atoms with Crippen molar-refractivity contribution in [2.24, 2.45) is 22.7 Å². The Morgan fingerprint density at radius 3 is 2.35 bits per heavy atom. The standard InChI is InChI=1S/C54H75N3O9/c1-7-9-16-25-53(26-17-10-8-2)64-44-42-33-54(50(61)56(6)41(48(59)55-28-29-58)30-35-18-12-11-13-19-35)46(49(60)62-42)57(66-47(54)45(44)65-53)34-38-21-15-14-20-36(38)31-37-22-23-43-52(5,63-43)27-24-40-39(37)32-51(40,3)4/h11-15,18-21,31,39-47,58H,7-10,16-17,22-30,32-34H2,1-6H3,(H,55,59)/t39-,40-,41-,42-,43?,44+,45+,46+,47-,52-,54+/m1/s1. The second kappa shape index (κ2) is 19.0. The smallest absolute Gasteiger partial charge is 0.327 e. The summed E-state index contributed by atoms with van der Waals surface area (Å²) in [6.07, 6.45) is 12.9. The third kappa shape index (κ3) is 8.81. The molecule has 66 heavy (non-hydrogen) atoms. The van der Waals surface area contributed by atoms with E-state index in [4.69, 9.17) is 23.8 Å². The van der Waals surface area contributed by atoms with Crippen molar-refractivity contribution in [3.05, 3.63) is 76.9 Å². The normalized spacial score (nSPS) is 34.7. The number of benzene rings is 2. The predicted molar refractivity (Wildman–Crippen MR) is 250 cm³/mol. The van der Waals surface area contributed by atoms with Crippen molar-refractivity contribution in [3.8, 4) is 0 Å². The second-order valence-corrected chi connectivity index (χ2v) is 21.7. The van der Waals surface area contributed by atoms with Crippen molar-refractivity contribution in [3.63, 3.8) is 0 Å². The van der Waals surface area contributed by atoms with Gasteiger partial charge in [0.25, 0.3) is 0 Å². The van der Waals surface area contributed by atoms with Gasteiger partial charge in [0.15, 0.2) is 11.8 Å². The number of aliphatic hydroxyl groups excluding tert-OH is 1. The molecule has 3 saturated carbocycles. The van der Waals surface area contributed by atoms with Crippen molar-refractivity contribution in [1.29, 1.82) is 0 Å². The van der Waals surface area contributed by atoms with Gasteiger partial charge in [-0.25, -0.2) is 0 Å². The Morgan fingerprint density at radius 2 is 1.64 bits per heavy atom. The summed E-state index contributed by atoms with van der Waals surface area (Å²) >= 11 is 0. The highest BCUT2D eigenvalue weighted by atomic mass is 16.8. The van der Waals surface area contributed by atoms with E-state index in [9.17, 15) is 14.7 Å². The van der Waals surface area contributed by atoms with Gasteiger partial charge in [-0.15, -0.1) is 0 Å². The van der Waals surface area contributed by atoms with Crippen molar-refractivity contribution in [2.45, 2.75) is 191 Å². The van der Waals surface area contributed by atoms with Crippen LogP contribution in [0.4, 0.5) is 0 Å². The predicted octanol–water partition coefficient (Wildman–Crippen LogP) is 8.08. The van der Waals surface area contributed by atoms with Crippen LogP contribution in [0.1, 0.15) is 141 Å². The van der Waals surface area contributed by atoms with Gasteiger partial charge in [-0.1, -0.05) is 120 Å². The Hall–Kier alpha value is -3.65. The molecule has 12 heteroatoms. The van der Waals surface area contributed by atoms with Gasteiger partial charge in [-0.2, -0.15) is 5.06 Å². The maximum absolute atomic E-state index is 15.9. The minimum atomic E-state index is -1.46. The van der Waals surface area contributed by atoms with Crippen molar-refractivity contribution in [1.82, 2.24) is 15.3 Å². The number of allylic oxidation sites excluding steroid dienone is 1. The second-order valence-electron chi connectivity index (χ2n) is 21.7. The lowest BCUT2D eigenvalue weighted by molar-refractivity contribution is -0.225. The fourth-order valence-electron chi connectivity index (χ4n) is 13.1. The first kappa shape index (κ1) is 47.4. The summed E-state index contributed by atoms with van der Waals surface area (Å²) in [6, 6.07) is 15.9. The van der Waals surface area contributed by atoms with Crippen LogP contribution in [0.3, 0.4) is 0 Å². The number of nitrogens with zero attached hydrogens (tertiary/aromatic N) is 2. The first-order chi connectivity index (χ1) is 31.8. The molecule has 0 aromatic heterocycles. The van der Waals surface area contributed by atoms with Crippen LogP contribution in [0, 0.1) is 22.7 Å². The monoisotopic (exact) mass is 910 g/mol. The van der Waals surface area contributed by atoms with E-state index in [1.165, 1.54) is 10.5 Å². The Morgan fingerprint density at radius 1 is 0.924 bits per heavy atom. The number of hydrogen-bond acceptors (Lipinski definition) is 10. The Bertz CT molecular complexity index is 2100. The number of likely N-dealkylation sites (N-methyl/N-ethyl adjacent to an activating group) is 1. The van der Waals surface area contributed by atoms with Crippen LogP contribution < -0.4 is 5.32 Å². The molecule has 2 aromatic carbocycles. The summed E-state index contributed by atoms with van der Waals surface area (Å²) in [5, 5.41) is 14.2. The van der Waals surface area contributed by atoms with Crippen LogP contribution in [-0.2, 0) is 51.1 Å². The number of nitrogens with one attached hydrogen (secondary N) is 1. The van der Waals surface area contributed by atoms with E-state index in [0.29, 0.717) is 30.8 Å². The fraction of sp³-hybridized carbons (Fsp3) is 0.685. The van der Waals surface area contributed by atoms with Crippen molar-refractivity contribution in [2.75, 3.05) is 20.2 Å². The van der Waals surface area contributed by atoms with E-state index < -0.39 is 53.7 Å². The van der Waals surface area contributed by atoms with Crippen LogP contribution in [-0.4, -0.2) is 107 Å². The number of ether oxygens (including phenoxy) is 4. The average Bonchev–Trinajstić information content (AvgIpc) is 3.58. The summed E-state index contributed by atoms with van der Waals surface area (Å²) in [7, 11) is 1.66. The Labute approximate surface area is 392 Å². The molecule has 2 amide bonds. The molecule has 0 spiro atoms. The summed E-state index contributed by atoms with van der Waals surface area (Å²) in [5.41, 5.74) is 3.19. The van der Waals surface area contributed by atoms with Crippen LogP contribution in [0.2, 0.25) is 0 Å². The molecule has 7 aliphatic rings. The van der Waals surface area contributed by atoms with Gasteiger partial charge in [0.1, 0.15) is 35.9 Å². The highest BCUT2D eigenvalue weighted by Gasteiger charge is 2.77. The Kier molecular flexibility index (Phi) is 13.7. The van der Waals surface area contributed by atoms with Gasteiger partial charge >= 0.3 is 5.97 Å². The zero-order valence-corrected chi connectivity index (χ0v) is 40.3. The van der Waals surface area contributed by atoms with Crippen molar-refractivity contribution < 1.29 is 43.3 Å². The topological polar surface area (TPSA) is 139 Å². The van der Waals surface area contributed by atoms with Gasteiger partial charge in [0, 0.05) is 39.3 Å². The number of hydrogen-bond donors (Lipinski definition) is 2. The molecule has 1 unspecified atom stereocenters. The number of amides is 2. The lowest BCUT2D eigenvalue weighted by Gasteiger charge is -2.53. The minimum absolute atomic E-state index is 0.00886. The van der Waals surface area contributed by atoms with Crippen molar-refractivity contribution >= 4 is 23.9 Å². The van der Waals surface area contributed by atoms with Crippen LogP contribution in [0.25, 0.3) is 6.08 Å². The van der Waals surface area contributed by atoms with Gasteiger partial charge < -0.3 is 34.3 Å². The molecule has 4 heterocycles. The molecule has 4 aliphatic heterocycles. The highest BCUT2D eigenvalue weighted by Crippen LogP contribution is 2.61. The molecule has 2 bridgehead atoms. The van der Waals surface area contributed by atoms with E-state index in [0.717, 1.165) is 87.3 Å². The van der Waals surface area contributed by atoms with E-state index >= 15 is 4.79 Å². The first-order valence-corrected chi connectivity index (χ1v) is 25.4. The van der Waals surface area contributed by atoms with E-state index in [1.807, 2.05) is 36.4 Å². The SMILES string of the molecule is CCCCCC1(CCCCC)O[C@@H]2[C@H](O1)[C@H]1ON(Cc3ccccc3C=C3CCC4O[C@]4(C)CC[C@@H]4[C@@H]3CC4(C)C)[C@H]3C(=O)O[C@@H]2C[C@@]13C(=O)N(C)[C@H](Cc1ccccc1)C(=O)NCCO. The number of carbonyl (C=O) groups is 3. The third-order valence-corrected chi connectivity index (χ3v) is 16.9. The number of epoxide rings is 1. The molecule has 9 rings (SSSR count). The molecule has 2 aromatic rings. The summed E-state index contributed by atoms with van der Waals surface area (Å²) in [5.74, 6) is -1.10. The molecule has 4 saturated heterocycles. The number of unbranched alkanes of at least 4 members (excludes halogenated alkanes) is 4. The molecular formula is C54H75N3O9. The molecule has 12 nitrogen and oxygen atoms in total. The Balaban J connectivity index is 1.08. The van der Waals surface area contributed by atoms with E-state index in [1.54, 1.807) is 12.1 Å². The largest absolute Gasteiger partial charge is 0.458 e. The maximum atomic E-state index is 15.9. The number of rotatable bonds is 18. The van der Waals surface area contributed by atoms with Crippen LogP contribution in [0.5, 0.6) is 0 Å². The molecule has 2 N–H and O–H groups in total. The molecular weight excluding hydrogens is 835 g/mol. The number of carbonyl (C=O) groups excluding carboxylic acids is 3. The number of fused-ring (bicyclic) bond motifs is 6. The van der Waals surface area contributed by atoms with Crippen LogP contribution in [0.15, 0.2) is 60.2 Å². The van der Waals surface area contributed by atoms with Gasteiger partial charge in [0.2, 0.25) is 11.8 Å². The molecule has 3 aliphatic carbocycles. The fourth-order valence-corrected chi connectivity index (χ4v) is 13.1. The number of aliphatic hydroxyl groups is 1. The molecule has 360 valence electrons. The lowest BCUT2D eigenvalue weighted by atomic mass is 9.52. The van der Waals surface area contributed by atoms with E-state index in [-0.39, 0.29) is 55.4 Å². The third-order valence-electron chi connectivity index (χ3n) is 16.9. The number of esters is 1. The highest BCUT2D eigenvalue weighted by molar-refractivity contribution is 5.96. The minimum Gasteiger partial charge on any atom is -0.458 e. The van der Waals surface area contributed by atoms with Gasteiger partial charge in [0.05, 0.1) is 24.9 Å². The van der Waals surface area contributed by atoms with Crippen LogP contribution >= 0.6 is 0 Å². The summed E-state index contributed by atoms with van der Waals surface area (Å²) in [4.78, 5) is 53.5. The van der Waals surface area contributed by atoms with E-state index in [2.05, 4.69) is 64.2 Å². The lowest BCUT2D eigenvalue weighted by Crippen LogP contribution is -2.70. The van der Waals surface area contributed by atoms with Gasteiger partial charge in [-0.05, 0) is 85.8 Å². The molecule has 0 radical (unpaired) electrons. The molecule has 11 atom stereocenters. The average molecular weight is 910 g/mol. The zero-order valence-electron chi connectivity index (χ0n) is 40.3. The maximum Gasteiger partial charge on any atom is 0.327 e. The molecule has 7 fully saturated rings.